The van der Waals surface area contributed by atoms with Crippen molar-refractivity contribution in [2.75, 3.05) is 6.61 Å². The topological polar surface area (TPSA) is 57.3 Å². The van der Waals surface area contributed by atoms with Gasteiger partial charge >= 0.3 is 5.63 Å². The Kier molecular flexibility index (Phi) is 3.25. The first-order valence-electron chi connectivity index (χ1n) is 6.36. The van der Waals surface area contributed by atoms with Gasteiger partial charge in [0.05, 0.1) is 18.6 Å². The average Bonchev–Trinajstić information content (AvgIpc) is 2.84. The summed E-state index contributed by atoms with van der Waals surface area (Å²) < 4.78 is 12.7. The first-order valence-corrected chi connectivity index (χ1v) is 6.36. The SMILES string of the molecule is Cc1cn(CCOc2ccc3ccc(=O)oc3c2)cn1. The quantitative estimate of drug-likeness (QED) is 0.683. The number of hydrogen-bond acceptors (Lipinski definition) is 4. The van der Waals surface area contributed by atoms with Gasteiger partial charge in [0, 0.05) is 23.7 Å². The van der Waals surface area contributed by atoms with Crippen LogP contribution in [-0.4, -0.2) is 16.2 Å². The zero-order valence-electron chi connectivity index (χ0n) is 11.1. The van der Waals surface area contributed by atoms with Gasteiger partial charge in [0.25, 0.3) is 0 Å². The molecule has 102 valence electrons. The standard InChI is InChI=1S/C15H14N2O3/c1-11-9-17(10-16-11)6-7-19-13-4-2-12-3-5-15(18)20-14(12)8-13/h2-5,8-10H,6-7H2,1H3. The van der Waals surface area contributed by atoms with Crippen molar-refractivity contribution < 1.29 is 9.15 Å². The lowest BCUT2D eigenvalue weighted by Crippen LogP contribution is -2.06. The van der Waals surface area contributed by atoms with E-state index < -0.39 is 0 Å². The smallest absolute Gasteiger partial charge is 0.336 e. The zero-order valence-corrected chi connectivity index (χ0v) is 11.1. The third-order valence-corrected chi connectivity index (χ3v) is 2.98. The van der Waals surface area contributed by atoms with E-state index in [0.29, 0.717) is 17.9 Å². The van der Waals surface area contributed by atoms with Crippen molar-refractivity contribution in [1.29, 1.82) is 0 Å². The molecule has 20 heavy (non-hydrogen) atoms. The summed E-state index contributed by atoms with van der Waals surface area (Å²) in [5.41, 5.74) is 1.16. The van der Waals surface area contributed by atoms with Crippen molar-refractivity contribution in [2.24, 2.45) is 0 Å². The van der Waals surface area contributed by atoms with Crippen LogP contribution in [0.3, 0.4) is 0 Å². The Morgan fingerprint density at radius 3 is 2.95 bits per heavy atom. The molecule has 5 heteroatoms. The lowest BCUT2D eigenvalue weighted by molar-refractivity contribution is 0.298. The molecule has 0 spiro atoms. The summed E-state index contributed by atoms with van der Waals surface area (Å²) in [5.74, 6) is 0.684. The molecule has 2 heterocycles. The van der Waals surface area contributed by atoms with Gasteiger partial charge in [0.1, 0.15) is 17.9 Å². The van der Waals surface area contributed by atoms with E-state index in [1.54, 1.807) is 18.5 Å². The second kappa shape index (κ2) is 5.21. The molecule has 0 fully saturated rings. The fourth-order valence-corrected chi connectivity index (χ4v) is 1.99. The maximum atomic E-state index is 11.2. The Morgan fingerprint density at radius 1 is 1.30 bits per heavy atom. The number of benzene rings is 1. The van der Waals surface area contributed by atoms with Gasteiger partial charge in [-0.15, -0.1) is 0 Å². The van der Waals surface area contributed by atoms with Crippen LogP contribution in [0.15, 0.2) is 52.1 Å². The number of rotatable bonds is 4. The first kappa shape index (κ1) is 12.5. The van der Waals surface area contributed by atoms with Gasteiger partial charge in [-0.1, -0.05) is 0 Å². The van der Waals surface area contributed by atoms with Crippen LogP contribution in [-0.2, 0) is 6.54 Å². The maximum Gasteiger partial charge on any atom is 0.336 e. The minimum Gasteiger partial charge on any atom is -0.492 e. The number of aryl methyl sites for hydroxylation is 1. The lowest BCUT2D eigenvalue weighted by Gasteiger charge is -2.07. The number of ether oxygens (including phenoxy) is 1. The summed E-state index contributed by atoms with van der Waals surface area (Å²) in [6.07, 6.45) is 3.74. The van der Waals surface area contributed by atoms with E-state index in [1.165, 1.54) is 6.07 Å². The number of imidazole rings is 1. The van der Waals surface area contributed by atoms with Crippen LogP contribution in [0.2, 0.25) is 0 Å². The molecule has 3 rings (SSSR count). The maximum absolute atomic E-state index is 11.2. The number of fused-ring (bicyclic) bond motifs is 1. The second-order valence-electron chi connectivity index (χ2n) is 4.56. The van der Waals surface area contributed by atoms with E-state index in [-0.39, 0.29) is 5.63 Å². The summed E-state index contributed by atoms with van der Waals surface area (Å²) in [5, 5.41) is 0.877. The normalized spacial score (nSPS) is 10.8. The minimum atomic E-state index is -0.358. The molecule has 1 aromatic carbocycles. The molecule has 3 aromatic rings. The van der Waals surface area contributed by atoms with Crippen molar-refractivity contribution in [1.82, 2.24) is 9.55 Å². The van der Waals surface area contributed by atoms with Crippen molar-refractivity contribution in [3.8, 4) is 5.75 Å². The second-order valence-corrected chi connectivity index (χ2v) is 4.56. The predicted octanol–water partition coefficient (Wildman–Crippen LogP) is 2.38. The molecule has 0 aliphatic carbocycles. The summed E-state index contributed by atoms with van der Waals surface area (Å²) >= 11 is 0. The number of hydrogen-bond donors (Lipinski definition) is 0. The molecular formula is C15H14N2O3. The summed E-state index contributed by atoms with van der Waals surface area (Å²) in [6, 6.07) is 8.61. The van der Waals surface area contributed by atoms with Gasteiger partial charge in [-0.2, -0.15) is 0 Å². The fraction of sp³-hybridized carbons (Fsp3) is 0.200. The lowest BCUT2D eigenvalue weighted by atomic mass is 10.2. The van der Waals surface area contributed by atoms with Crippen LogP contribution in [0.4, 0.5) is 0 Å². The molecule has 0 N–H and O–H groups in total. The molecule has 5 nitrogen and oxygen atoms in total. The molecular weight excluding hydrogens is 256 g/mol. The van der Waals surface area contributed by atoms with Crippen LogP contribution in [0.25, 0.3) is 11.0 Å². The Morgan fingerprint density at radius 2 is 2.15 bits per heavy atom. The van der Waals surface area contributed by atoms with Gasteiger partial charge < -0.3 is 13.7 Å². The highest BCUT2D eigenvalue weighted by Crippen LogP contribution is 2.19. The average molecular weight is 270 g/mol. The third kappa shape index (κ3) is 2.71. The van der Waals surface area contributed by atoms with E-state index in [2.05, 4.69) is 4.98 Å². The molecule has 0 amide bonds. The van der Waals surface area contributed by atoms with E-state index in [1.807, 2.05) is 29.8 Å². The molecule has 0 aliphatic rings. The van der Waals surface area contributed by atoms with Gasteiger partial charge in [-0.05, 0) is 25.1 Å². The zero-order chi connectivity index (χ0) is 13.9. The summed E-state index contributed by atoms with van der Waals surface area (Å²) in [4.78, 5) is 15.3. The Balaban J connectivity index is 1.69. The molecule has 0 saturated heterocycles. The van der Waals surface area contributed by atoms with Crippen LogP contribution >= 0.6 is 0 Å². The molecule has 0 saturated carbocycles. The molecule has 0 atom stereocenters. The van der Waals surface area contributed by atoms with Crippen molar-refractivity contribution in [3.05, 3.63) is 59.0 Å². The van der Waals surface area contributed by atoms with E-state index in [9.17, 15) is 4.79 Å². The Hall–Kier alpha value is -2.56. The Labute approximate surface area is 115 Å². The van der Waals surface area contributed by atoms with Crippen molar-refractivity contribution in [3.63, 3.8) is 0 Å². The highest BCUT2D eigenvalue weighted by molar-refractivity contribution is 5.77. The van der Waals surface area contributed by atoms with Crippen LogP contribution in [0.5, 0.6) is 5.75 Å². The van der Waals surface area contributed by atoms with Gasteiger partial charge in [-0.3, -0.25) is 0 Å². The minimum absolute atomic E-state index is 0.358. The molecule has 2 aromatic heterocycles. The van der Waals surface area contributed by atoms with E-state index in [4.69, 9.17) is 9.15 Å². The van der Waals surface area contributed by atoms with Crippen LogP contribution < -0.4 is 10.4 Å². The van der Waals surface area contributed by atoms with Crippen molar-refractivity contribution >= 4 is 11.0 Å². The first-order chi connectivity index (χ1) is 9.70. The van der Waals surface area contributed by atoms with Crippen LogP contribution in [0, 0.1) is 6.92 Å². The van der Waals surface area contributed by atoms with Gasteiger partial charge in [0.15, 0.2) is 0 Å². The van der Waals surface area contributed by atoms with Crippen LogP contribution in [0.1, 0.15) is 5.69 Å². The van der Waals surface area contributed by atoms with Gasteiger partial charge in [-0.25, -0.2) is 9.78 Å². The Bertz CT molecular complexity index is 789. The highest BCUT2D eigenvalue weighted by atomic mass is 16.5. The summed E-state index contributed by atoms with van der Waals surface area (Å²) in [7, 11) is 0. The summed E-state index contributed by atoms with van der Waals surface area (Å²) in [6.45, 7) is 3.19. The number of aromatic nitrogens is 2. The molecule has 0 unspecified atom stereocenters. The van der Waals surface area contributed by atoms with Gasteiger partial charge in [0.2, 0.25) is 0 Å². The third-order valence-electron chi connectivity index (χ3n) is 2.98. The van der Waals surface area contributed by atoms with E-state index >= 15 is 0 Å². The molecule has 0 aliphatic heterocycles. The molecule has 0 bridgehead atoms. The van der Waals surface area contributed by atoms with Crippen molar-refractivity contribution in [2.45, 2.75) is 13.5 Å². The molecule has 0 radical (unpaired) electrons. The monoisotopic (exact) mass is 270 g/mol. The largest absolute Gasteiger partial charge is 0.492 e. The predicted molar refractivity (Wildman–Crippen MR) is 74.9 cm³/mol. The van der Waals surface area contributed by atoms with E-state index in [0.717, 1.165) is 17.6 Å². The highest BCUT2D eigenvalue weighted by Gasteiger charge is 2.01. The fourth-order valence-electron chi connectivity index (χ4n) is 1.99. The number of nitrogens with zero attached hydrogens (tertiary/aromatic N) is 2.